The molecule has 0 atom stereocenters. The molecular formula is C14H21Cl2N5O. The Kier molecular flexibility index (Phi) is 8.52. The van der Waals surface area contributed by atoms with Crippen molar-refractivity contribution in [2.45, 2.75) is 26.3 Å². The summed E-state index contributed by atoms with van der Waals surface area (Å²) < 4.78 is 1.94. The molecule has 8 heteroatoms. The summed E-state index contributed by atoms with van der Waals surface area (Å²) in [6.07, 6.45) is 1.68. The van der Waals surface area contributed by atoms with E-state index in [9.17, 15) is 4.79 Å². The van der Waals surface area contributed by atoms with Gasteiger partial charge in [-0.1, -0.05) is 26.0 Å². The Bertz CT molecular complexity index is 600. The minimum absolute atomic E-state index is 0. The van der Waals surface area contributed by atoms with E-state index in [-0.39, 0.29) is 30.7 Å². The van der Waals surface area contributed by atoms with Gasteiger partial charge in [0.25, 0.3) is 5.91 Å². The summed E-state index contributed by atoms with van der Waals surface area (Å²) in [4.78, 5) is 12.0. The normalized spacial score (nSPS) is 9.77. The van der Waals surface area contributed by atoms with E-state index in [2.05, 4.69) is 29.4 Å². The van der Waals surface area contributed by atoms with Gasteiger partial charge in [0.1, 0.15) is 12.2 Å². The van der Waals surface area contributed by atoms with Crippen molar-refractivity contribution in [3.63, 3.8) is 0 Å². The first-order chi connectivity index (χ1) is 9.59. The lowest BCUT2D eigenvalue weighted by molar-refractivity contribution is 0.0953. The van der Waals surface area contributed by atoms with Gasteiger partial charge < -0.3 is 15.6 Å². The first-order valence-corrected chi connectivity index (χ1v) is 6.60. The van der Waals surface area contributed by atoms with E-state index in [1.165, 1.54) is 0 Å². The number of carbonyl (C=O) groups excluding carboxylic acids is 1. The lowest BCUT2D eigenvalue weighted by Crippen LogP contribution is -2.28. The number of halogens is 2. The standard InChI is InChI=1S/C14H19N5O.2ClH/c1-10(2)13-18-17-9-19(13)8-7-16-14(20)11-5-3-4-6-12(11)15;;/h3-6,9-10H,7-8,15H2,1-2H3,(H,16,20);2*1H. The van der Waals surface area contributed by atoms with E-state index >= 15 is 0 Å². The van der Waals surface area contributed by atoms with Crippen molar-refractivity contribution in [2.75, 3.05) is 12.3 Å². The molecule has 122 valence electrons. The lowest BCUT2D eigenvalue weighted by Gasteiger charge is -2.10. The van der Waals surface area contributed by atoms with Crippen molar-refractivity contribution >= 4 is 36.4 Å². The number of hydrogen-bond donors (Lipinski definition) is 2. The van der Waals surface area contributed by atoms with Crippen molar-refractivity contribution in [3.05, 3.63) is 42.0 Å². The molecule has 0 fully saturated rings. The lowest BCUT2D eigenvalue weighted by atomic mass is 10.1. The molecule has 0 saturated carbocycles. The molecule has 22 heavy (non-hydrogen) atoms. The van der Waals surface area contributed by atoms with Gasteiger partial charge in [0, 0.05) is 24.7 Å². The second-order valence-corrected chi connectivity index (χ2v) is 4.88. The molecule has 0 aliphatic heterocycles. The summed E-state index contributed by atoms with van der Waals surface area (Å²) in [5.41, 5.74) is 6.75. The van der Waals surface area contributed by atoms with Crippen LogP contribution in [0.5, 0.6) is 0 Å². The van der Waals surface area contributed by atoms with Crippen LogP contribution in [0.2, 0.25) is 0 Å². The summed E-state index contributed by atoms with van der Waals surface area (Å²) >= 11 is 0. The van der Waals surface area contributed by atoms with Crippen molar-refractivity contribution in [3.8, 4) is 0 Å². The summed E-state index contributed by atoms with van der Waals surface area (Å²) in [6.45, 7) is 5.26. The van der Waals surface area contributed by atoms with Gasteiger partial charge in [-0.05, 0) is 12.1 Å². The van der Waals surface area contributed by atoms with Gasteiger partial charge in [-0.2, -0.15) is 0 Å². The number of anilines is 1. The Morgan fingerprint density at radius 3 is 2.64 bits per heavy atom. The number of carbonyl (C=O) groups is 1. The topological polar surface area (TPSA) is 85.8 Å². The number of aromatic nitrogens is 3. The Hall–Kier alpha value is -1.79. The molecule has 0 aliphatic carbocycles. The number of rotatable bonds is 5. The number of benzene rings is 1. The first-order valence-electron chi connectivity index (χ1n) is 6.60. The van der Waals surface area contributed by atoms with Crippen LogP contribution in [-0.2, 0) is 6.54 Å². The van der Waals surface area contributed by atoms with Gasteiger partial charge in [-0.25, -0.2) is 0 Å². The maximum atomic E-state index is 12.0. The molecule has 0 bridgehead atoms. The number of nitrogens with two attached hydrogens (primary N) is 1. The molecule has 0 aliphatic rings. The van der Waals surface area contributed by atoms with E-state index in [0.29, 0.717) is 30.3 Å². The van der Waals surface area contributed by atoms with E-state index in [4.69, 9.17) is 5.73 Å². The number of para-hydroxylation sites is 1. The van der Waals surface area contributed by atoms with Crippen LogP contribution in [0.3, 0.4) is 0 Å². The molecule has 1 heterocycles. The zero-order valence-electron chi connectivity index (χ0n) is 12.5. The van der Waals surface area contributed by atoms with Gasteiger partial charge in [0.2, 0.25) is 0 Å². The average molecular weight is 346 g/mol. The fourth-order valence-corrected chi connectivity index (χ4v) is 1.97. The second kappa shape index (κ2) is 9.27. The summed E-state index contributed by atoms with van der Waals surface area (Å²) in [5, 5.41) is 10.8. The monoisotopic (exact) mass is 345 g/mol. The highest BCUT2D eigenvalue weighted by molar-refractivity contribution is 5.99. The maximum Gasteiger partial charge on any atom is 0.253 e. The molecule has 1 amide bonds. The summed E-state index contributed by atoms with van der Waals surface area (Å²) in [7, 11) is 0. The SMILES string of the molecule is CC(C)c1nncn1CCNC(=O)c1ccccc1N.Cl.Cl. The molecule has 0 spiro atoms. The number of nitrogens with zero attached hydrogens (tertiary/aromatic N) is 3. The molecule has 0 saturated heterocycles. The average Bonchev–Trinajstić information content (AvgIpc) is 2.87. The highest BCUT2D eigenvalue weighted by Crippen LogP contribution is 2.11. The maximum absolute atomic E-state index is 12.0. The smallest absolute Gasteiger partial charge is 0.253 e. The van der Waals surface area contributed by atoms with Gasteiger partial charge >= 0.3 is 0 Å². The molecule has 3 N–H and O–H groups in total. The number of nitrogens with one attached hydrogen (secondary N) is 1. The van der Waals surface area contributed by atoms with Crippen LogP contribution < -0.4 is 11.1 Å². The van der Waals surface area contributed by atoms with Crippen LogP contribution in [0.1, 0.15) is 35.9 Å². The largest absolute Gasteiger partial charge is 0.398 e. The fourth-order valence-electron chi connectivity index (χ4n) is 1.97. The van der Waals surface area contributed by atoms with Crippen LogP contribution in [-0.4, -0.2) is 27.2 Å². The minimum atomic E-state index is -0.165. The Balaban J connectivity index is 0.00000220. The van der Waals surface area contributed by atoms with E-state index < -0.39 is 0 Å². The third-order valence-electron chi connectivity index (χ3n) is 3.01. The second-order valence-electron chi connectivity index (χ2n) is 4.88. The molecular weight excluding hydrogens is 325 g/mol. The van der Waals surface area contributed by atoms with Crippen LogP contribution >= 0.6 is 24.8 Å². The Morgan fingerprint density at radius 2 is 2.00 bits per heavy atom. The number of amides is 1. The molecule has 0 radical (unpaired) electrons. The molecule has 0 unspecified atom stereocenters. The molecule has 2 rings (SSSR count). The van der Waals surface area contributed by atoms with Crippen molar-refractivity contribution in [1.82, 2.24) is 20.1 Å². The zero-order chi connectivity index (χ0) is 14.5. The van der Waals surface area contributed by atoms with Crippen LogP contribution in [0.15, 0.2) is 30.6 Å². The highest BCUT2D eigenvalue weighted by Gasteiger charge is 2.10. The zero-order valence-corrected chi connectivity index (χ0v) is 14.2. The fraction of sp³-hybridized carbons (Fsp3) is 0.357. The minimum Gasteiger partial charge on any atom is -0.398 e. The van der Waals surface area contributed by atoms with Crippen LogP contribution in [0.4, 0.5) is 5.69 Å². The molecule has 2 aromatic rings. The van der Waals surface area contributed by atoms with Gasteiger partial charge in [0.15, 0.2) is 0 Å². The molecule has 1 aromatic heterocycles. The summed E-state index contributed by atoms with van der Waals surface area (Å²) in [5.74, 6) is 1.05. The van der Waals surface area contributed by atoms with Crippen molar-refractivity contribution < 1.29 is 4.79 Å². The molecule has 1 aromatic carbocycles. The predicted molar refractivity (Wildman–Crippen MR) is 91.8 cm³/mol. The predicted octanol–water partition coefficient (Wildman–Crippen LogP) is 2.26. The highest BCUT2D eigenvalue weighted by atomic mass is 35.5. The summed E-state index contributed by atoms with van der Waals surface area (Å²) in [6, 6.07) is 7.02. The van der Waals surface area contributed by atoms with Gasteiger partial charge in [0.05, 0.1) is 5.56 Å². The van der Waals surface area contributed by atoms with E-state index in [1.807, 2.05) is 4.57 Å². The third kappa shape index (κ3) is 4.89. The van der Waals surface area contributed by atoms with Gasteiger partial charge in [-0.3, -0.25) is 4.79 Å². The van der Waals surface area contributed by atoms with Crippen molar-refractivity contribution in [2.24, 2.45) is 0 Å². The van der Waals surface area contributed by atoms with Gasteiger partial charge in [-0.15, -0.1) is 35.0 Å². The molecule has 6 nitrogen and oxygen atoms in total. The number of nitrogen functional groups attached to an aromatic ring is 1. The van der Waals surface area contributed by atoms with Crippen LogP contribution in [0, 0.1) is 0 Å². The van der Waals surface area contributed by atoms with Crippen molar-refractivity contribution in [1.29, 1.82) is 0 Å². The van der Waals surface area contributed by atoms with E-state index in [1.54, 1.807) is 30.6 Å². The van der Waals surface area contributed by atoms with E-state index in [0.717, 1.165) is 5.82 Å². The first kappa shape index (κ1) is 20.2. The number of hydrogen-bond acceptors (Lipinski definition) is 4. The third-order valence-corrected chi connectivity index (χ3v) is 3.01. The van der Waals surface area contributed by atoms with Crippen LogP contribution in [0.25, 0.3) is 0 Å². The quantitative estimate of drug-likeness (QED) is 0.813. The Labute approximate surface area is 142 Å². The Morgan fingerprint density at radius 1 is 1.32 bits per heavy atom.